The molecule has 1 heterocycles. The fourth-order valence-corrected chi connectivity index (χ4v) is 3.72. The van der Waals surface area contributed by atoms with Crippen molar-refractivity contribution in [2.45, 2.75) is 34.6 Å². The van der Waals surface area contributed by atoms with Crippen LogP contribution in [0, 0.1) is 19.7 Å². The lowest BCUT2D eigenvalue weighted by atomic mass is 10.1. The Morgan fingerprint density at radius 3 is 2.43 bits per heavy atom. The Bertz CT molecular complexity index is 1240. The van der Waals surface area contributed by atoms with Crippen molar-refractivity contribution in [1.82, 2.24) is 9.88 Å². The van der Waals surface area contributed by atoms with E-state index in [1.807, 2.05) is 39.8 Å². The number of nitrogens with zero attached hydrogens (tertiary/aromatic N) is 1. The maximum atomic E-state index is 14.5. The quantitative estimate of drug-likeness (QED) is 0.322. The van der Waals surface area contributed by atoms with E-state index in [-0.39, 0.29) is 22.8 Å². The second kappa shape index (κ2) is 12.9. The molecule has 1 aromatic heterocycles. The van der Waals surface area contributed by atoms with Gasteiger partial charge in [-0.3, -0.25) is 14.2 Å². The van der Waals surface area contributed by atoms with Crippen LogP contribution < -0.4 is 25.7 Å². The summed E-state index contributed by atoms with van der Waals surface area (Å²) in [5, 5.41) is 5.48. The van der Waals surface area contributed by atoms with E-state index >= 15 is 0 Å². The molecule has 7 nitrogen and oxygen atoms in total. The first-order valence-electron chi connectivity index (χ1n) is 11.4. The monoisotopic (exact) mass is 500 g/mol. The summed E-state index contributed by atoms with van der Waals surface area (Å²) in [6.07, 6.45) is 0. The number of rotatable bonds is 8. The summed E-state index contributed by atoms with van der Waals surface area (Å²) in [5.41, 5.74) is 2.24. The molecule has 0 fully saturated rings. The number of benzene rings is 2. The third-order valence-corrected chi connectivity index (χ3v) is 5.72. The van der Waals surface area contributed by atoms with Gasteiger partial charge in [0.2, 0.25) is 0 Å². The average Bonchev–Trinajstić information content (AvgIpc) is 2.85. The van der Waals surface area contributed by atoms with Gasteiger partial charge in [0.1, 0.15) is 28.7 Å². The van der Waals surface area contributed by atoms with Gasteiger partial charge >= 0.3 is 0 Å². The maximum absolute atomic E-state index is 14.5. The molecule has 0 aliphatic rings. The van der Waals surface area contributed by atoms with Gasteiger partial charge < -0.3 is 20.1 Å². The van der Waals surface area contributed by atoms with E-state index in [0.29, 0.717) is 5.75 Å². The van der Waals surface area contributed by atoms with Crippen LogP contribution in [0.5, 0.6) is 11.5 Å². The Morgan fingerprint density at radius 2 is 1.80 bits per heavy atom. The number of anilines is 3. The Kier molecular flexibility index (Phi) is 10.2. The molecule has 0 spiro atoms. The molecule has 3 N–H and O–H groups in total. The van der Waals surface area contributed by atoms with Crippen molar-refractivity contribution in [1.29, 1.82) is 0 Å². The van der Waals surface area contributed by atoms with Gasteiger partial charge in [-0.1, -0.05) is 44.9 Å². The summed E-state index contributed by atoms with van der Waals surface area (Å²) in [5.74, 6) is 0.570. The SMILES string of the molecule is CC.CCSNc1cccc(Oc2cc(=O)n(C)c(Nc3ccc(C)cc3F)c2C(=O)NC)c1C. The van der Waals surface area contributed by atoms with Crippen molar-refractivity contribution in [2.24, 2.45) is 7.05 Å². The molecule has 3 rings (SSSR count). The normalized spacial score (nSPS) is 10.2. The van der Waals surface area contributed by atoms with Gasteiger partial charge in [-0.05, 0) is 43.7 Å². The van der Waals surface area contributed by atoms with E-state index in [1.54, 1.807) is 37.1 Å². The molecule has 35 heavy (non-hydrogen) atoms. The standard InChI is InChI=1S/C24H27FN4O3S.C2H6/c1-6-33-28-17-8-7-9-19(15(17)3)32-20-13-21(30)29(5)23(22(20)24(31)26-4)27-18-11-10-14(2)12-16(18)25;1-2/h7-13,27-28H,6H2,1-5H3,(H,26,31);1-2H3. The van der Waals surface area contributed by atoms with Crippen molar-refractivity contribution in [2.75, 3.05) is 22.8 Å². The highest BCUT2D eigenvalue weighted by atomic mass is 32.2. The minimum Gasteiger partial charge on any atom is -0.456 e. The van der Waals surface area contributed by atoms with Gasteiger partial charge in [0.25, 0.3) is 11.5 Å². The van der Waals surface area contributed by atoms with E-state index in [0.717, 1.165) is 22.6 Å². The fraction of sp³-hybridized carbons (Fsp3) is 0.308. The first-order valence-corrected chi connectivity index (χ1v) is 12.4. The van der Waals surface area contributed by atoms with E-state index in [4.69, 9.17) is 4.74 Å². The van der Waals surface area contributed by atoms with Gasteiger partial charge in [0.05, 0.1) is 11.4 Å². The van der Waals surface area contributed by atoms with Crippen molar-refractivity contribution < 1.29 is 13.9 Å². The average molecular weight is 501 g/mol. The van der Waals surface area contributed by atoms with Gasteiger partial charge in [-0.15, -0.1) is 0 Å². The summed E-state index contributed by atoms with van der Waals surface area (Å²) in [7, 11) is 2.98. The highest BCUT2D eigenvalue weighted by Gasteiger charge is 2.23. The predicted octanol–water partition coefficient (Wildman–Crippen LogP) is 6.14. The first kappa shape index (κ1) is 27.8. The largest absolute Gasteiger partial charge is 0.456 e. The third kappa shape index (κ3) is 6.57. The highest BCUT2D eigenvalue weighted by molar-refractivity contribution is 8.00. The summed E-state index contributed by atoms with van der Waals surface area (Å²) in [6.45, 7) is 9.70. The number of amides is 1. The molecule has 9 heteroatoms. The molecular formula is C26H33FN4O3S. The van der Waals surface area contributed by atoms with Crippen molar-refractivity contribution >= 4 is 35.0 Å². The molecule has 0 atom stereocenters. The molecule has 0 radical (unpaired) electrons. The summed E-state index contributed by atoms with van der Waals surface area (Å²) in [6, 6.07) is 11.4. The lowest BCUT2D eigenvalue weighted by molar-refractivity contribution is 0.0961. The number of carbonyl (C=O) groups is 1. The van der Waals surface area contributed by atoms with Gasteiger partial charge in [-0.25, -0.2) is 4.39 Å². The molecule has 0 bridgehead atoms. The van der Waals surface area contributed by atoms with E-state index in [9.17, 15) is 14.0 Å². The lowest BCUT2D eigenvalue weighted by Gasteiger charge is -2.20. The zero-order valence-corrected chi connectivity index (χ0v) is 22.0. The Labute approximate surface area is 210 Å². The van der Waals surface area contributed by atoms with E-state index in [2.05, 4.69) is 15.4 Å². The zero-order valence-electron chi connectivity index (χ0n) is 21.2. The molecule has 0 saturated heterocycles. The van der Waals surface area contributed by atoms with Crippen molar-refractivity contribution in [3.05, 3.63) is 75.3 Å². The molecule has 0 saturated carbocycles. The zero-order chi connectivity index (χ0) is 26.1. The number of nitrogens with one attached hydrogen (secondary N) is 3. The predicted molar refractivity (Wildman–Crippen MR) is 144 cm³/mol. The van der Waals surface area contributed by atoms with Gasteiger partial charge in [0, 0.05) is 31.5 Å². The van der Waals surface area contributed by atoms with Crippen LogP contribution >= 0.6 is 11.9 Å². The fourth-order valence-electron chi connectivity index (χ4n) is 3.20. The minimum absolute atomic E-state index is 0.0656. The number of aryl methyl sites for hydroxylation is 1. The molecule has 0 unspecified atom stereocenters. The van der Waals surface area contributed by atoms with Crippen LogP contribution in [-0.2, 0) is 7.05 Å². The molecule has 2 aromatic carbocycles. The van der Waals surface area contributed by atoms with Crippen LogP contribution in [0.25, 0.3) is 0 Å². The second-order valence-electron chi connectivity index (χ2n) is 7.38. The van der Waals surface area contributed by atoms with Crippen LogP contribution in [0.2, 0.25) is 0 Å². The number of pyridine rings is 1. The molecular weight excluding hydrogens is 467 g/mol. The van der Waals surface area contributed by atoms with E-state index < -0.39 is 17.3 Å². The Morgan fingerprint density at radius 1 is 1.09 bits per heavy atom. The smallest absolute Gasteiger partial charge is 0.258 e. The minimum atomic E-state index is -0.500. The number of carbonyl (C=O) groups excluding carboxylic acids is 1. The van der Waals surface area contributed by atoms with Crippen molar-refractivity contribution in [3.8, 4) is 11.5 Å². The summed E-state index contributed by atoms with van der Waals surface area (Å²) in [4.78, 5) is 25.6. The number of ether oxygens (including phenoxy) is 1. The molecule has 0 aliphatic heterocycles. The number of halogens is 1. The van der Waals surface area contributed by atoms with Crippen LogP contribution in [0.4, 0.5) is 21.6 Å². The maximum Gasteiger partial charge on any atom is 0.258 e. The van der Waals surface area contributed by atoms with Crippen LogP contribution in [-0.4, -0.2) is 23.3 Å². The lowest BCUT2D eigenvalue weighted by Crippen LogP contribution is -2.27. The molecule has 188 valence electrons. The number of aromatic nitrogens is 1. The highest BCUT2D eigenvalue weighted by Crippen LogP contribution is 2.35. The molecule has 1 amide bonds. The van der Waals surface area contributed by atoms with Gasteiger partial charge in [0.15, 0.2) is 0 Å². The van der Waals surface area contributed by atoms with Crippen LogP contribution in [0.3, 0.4) is 0 Å². The van der Waals surface area contributed by atoms with Crippen LogP contribution in [0.1, 0.15) is 42.3 Å². The van der Waals surface area contributed by atoms with E-state index in [1.165, 1.54) is 30.8 Å². The van der Waals surface area contributed by atoms with Crippen molar-refractivity contribution in [3.63, 3.8) is 0 Å². The van der Waals surface area contributed by atoms with Crippen LogP contribution in [0.15, 0.2) is 47.3 Å². The van der Waals surface area contributed by atoms with Gasteiger partial charge in [-0.2, -0.15) is 0 Å². The summed E-state index contributed by atoms with van der Waals surface area (Å²) < 4.78 is 25.1. The number of hydrogen-bond acceptors (Lipinski definition) is 6. The number of hydrogen-bond donors (Lipinski definition) is 3. The summed E-state index contributed by atoms with van der Waals surface area (Å²) >= 11 is 1.54. The third-order valence-electron chi connectivity index (χ3n) is 5.07. The first-order chi connectivity index (χ1) is 16.8. The molecule has 0 aliphatic carbocycles. The molecule has 3 aromatic rings. The Balaban J connectivity index is 0.00000210. The Hall–Kier alpha value is -3.46. The topological polar surface area (TPSA) is 84.4 Å². The second-order valence-corrected chi connectivity index (χ2v) is 8.45.